The summed E-state index contributed by atoms with van der Waals surface area (Å²) in [5.41, 5.74) is 0.213. The van der Waals surface area contributed by atoms with Crippen molar-refractivity contribution in [3.05, 3.63) is 44.5 Å². The first-order chi connectivity index (χ1) is 7.29. The van der Waals surface area contributed by atoms with E-state index >= 15 is 0 Å². The van der Waals surface area contributed by atoms with Crippen LogP contribution in [-0.4, -0.2) is 26.8 Å². The van der Waals surface area contributed by atoms with Gasteiger partial charge in [-0.15, -0.1) is 0 Å². The van der Waals surface area contributed by atoms with Gasteiger partial charge in [-0.3, -0.25) is 25.0 Å². The molecule has 1 aliphatic carbocycles. The second kappa shape index (κ2) is 3.40. The fraction of sp³-hybridized carbons (Fsp3) is 0.375. The van der Waals surface area contributed by atoms with Crippen LogP contribution in [-0.2, 0) is 4.79 Å². The summed E-state index contributed by atoms with van der Waals surface area (Å²) in [6.07, 6.45) is 4.30. The van der Waals surface area contributed by atoms with E-state index in [2.05, 4.69) is 0 Å². The summed E-state index contributed by atoms with van der Waals surface area (Å²) in [6, 6.07) is 0. The lowest BCUT2D eigenvalue weighted by Gasteiger charge is -2.29. The van der Waals surface area contributed by atoms with E-state index in [-0.39, 0.29) is 0 Å². The van der Waals surface area contributed by atoms with Crippen molar-refractivity contribution in [1.29, 1.82) is 0 Å². The van der Waals surface area contributed by atoms with Crippen LogP contribution in [0.2, 0.25) is 0 Å². The molecule has 0 aliphatic heterocycles. The molecule has 8 heteroatoms. The Kier molecular flexibility index (Phi) is 2.51. The third kappa shape index (κ3) is 1.19. The first kappa shape index (κ1) is 11.8. The van der Waals surface area contributed by atoms with E-state index < -0.39 is 26.8 Å². The van der Waals surface area contributed by atoms with E-state index in [4.69, 9.17) is 5.73 Å². The van der Waals surface area contributed by atoms with Crippen LogP contribution in [0.5, 0.6) is 0 Å². The van der Waals surface area contributed by atoms with Crippen LogP contribution in [0.25, 0.3) is 0 Å². The molecule has 0 saturated heterocycles. The number of nitrogens with two attached hydrogens (primary N) is 1. The van der Waals surface area contributed by atoms with Crippen LogP contribution in [0.3, 0.4) is 0 Å². The Morgan fingerprint density at radius 3 is 2.00 bits per heavy atom. The van der Waals surface area contributed by atoms with Gasteiger partial charge in [-0.1, -0.05) is 12.2 Å². The lowest BCUT2D eigenvalue weighted by molar-refractivity contribution is -0.649. The van der Waals surface area contributed by atoms with Crippen LogP contribution in [0, 0.1) is 20.2 Å². The number of primary amides is 1. The van der Waals surface area contributed by atoms with E-state index in [0.29, 0.717) is 0 Å². The predicted molar refractivity (Wildman–Crippen MR) is 52.6 cm³/mol. The number of rotatable bonds is 3. The van der Waals surface area contributed by atoms with Crippen LogP contribution in [0.4, 0.5) is 0 Å². The van der Waals surface area contributed by atoms with Gasteiger partial charge in [0.25, 0.3) is 0 Å². The minimum absolute atomic E-state index is 0.845. The van der Waals surface area contributed by atoms with Crippen molar-refractivity contribution in [3.63, 3.8) is 0 Å². The van der Waals surface area contributed by atoms with Gasteiger partial charge in [0.1, 0.15) is 0 Å². The largest absolute Gasteiger partial charge is 0.388 e. The van der Waals surface area contributed by atoms with Gasteiger partial charge in [-0.05, 0) is 0 Å². The molecule has 0 aromatic carbocycles. The van der Waals surface area contributed by atoms with Gasteiger partial charge in [0.05, 0.1) is 0 Å². The summed E-state index contributed by atoms with van der Waals surface area (Å²) in [5.74, 6) is -1.36. The van der Waals surface area contributed by atoms with Crippen molar-refractivity contribution in [2.24, 2.45) is 5.73 Å². The summed E-state index contributed by atoms with van der Waals surface area (Å²) in [6.45, 7) is 0.987. The zero-order chi connectivity index (χ0) is 12.6. The Morgan fingerprint density at radius 1 is 1.19 bits per heavy atom. The molecule has 86 valence electrons. The molecule has 0 saturated carbocycles. The molecular formula is C8H9N3O5. The normalized spacial score (nSPS) is 32.3. The van der Waals surface area contributed by atoms with E-state index in [1.807, 2.05) is 0 Å². The summed E-state index contributed by atoms with van der Waals surface area (Å²) < 4.78 is 0. The first-order valence-electron chi connectivity index (χ1n) is 4.25. The molecule has 8 nitrogen and oxygen atoms in total. The Labute approximate surface area is 89.7 Å². The first-order valence-corrected chi connectivity index (χ1v) is 4.25. The summed E-state index contributed by atoms with van der Waals surface area (Å²) >= 11 is 0. The number of nitro groups is 2. The van der Waals surface area contributed by atoms with Crippen molar-refractivity contribution < 1.29 is 14.6 Å². The Bertz CT molecular complexity index is 413. The maximum atomic E-state index is 11.2. The predicted octanol–water partition coefficient (Wildman–Crippen LogP) is -0.351. The third-order valence-electron chi connectivity index (χ3n) is 2.68. The molecule has 16 heavy (non-hydrogen) atoms. The number of hydrogen-bond donors (Lipinski definition) is 1. The Hall–Kier alpha value is -2.25. The lowest BCUT2D eigenvalue weighted by atomic mass is 9.75. The van der Waals surface area contributed by atoms with Gasteiger partial charge in [-0.25, -0.2) is 0 Å². The molecule has 1 aliphatic rings. The lowest BCUT2D eigenvalue weighted by Crippen LogP contribution is -2.66. The number of allylic oxidation sites excluding steroid dienone is 2. The molecule has 0 bridgehead atoms. The van der Waals surface area contributed by atoms with Crippen LogP contribution >= 0.6 is 0 Å². The zero-order valence-corrected chi connectivity index (χ0v) is 8.32. The molecular weight excluding hydrogens is 218 g/mol. The van der Waals surface area contributed by atoms with Gasteiger partial charge in [0, 0.05) is 28.9 Å². The van der Waals surface area contributed by atoms with Crippen molar-refractivity contribution >= 4 is 5.91 Å². The smallest absolute Gasteiger partial charge is 0.363 e. The fourth-order valence-electron chi connectivity index (χ4n) is 1.60. The average Bonchev–Trinajstić information content (AvgIpc) is 2.17. The molecule has 1 amide bonds. The standard InChI is InChI=1S/C8H9N3O5/c1-7(10(13)14)4-2-3-5-8(7,6(9)12)11(15)16/h2-5H,1H3,(H2,9,12). The minimum atomic E-state index is -2.55. The molecule has 1 rings (SSSR count). The quantitative estimate of drug-likeness (QED) is 0.520. The van der Waals surface area contributed by atoms with E-state index in [9.17, 15) is 25.0 Å². The summed E-state index contributed by atoms with van der Waals surface area (Å²) in [4.78, 5) is 31.2. The second-order valence-electron chi connectivity index (χ2n) is 3.51. The number of carbonyl (C=O) groups excluding carboxylic acids is 1. The maximum absolute atomic E-state index is 11.2. The minimum Gasteiger partial charge on any atom is -0.363 e. The molecule has 2 atom stereocenters. The molecule has 0 radical (unpaired) electrons. The van der Waals surface area contributed by atoms with Crippen molar-refractivity contribution in [3.8, 4) is 0 Å². The number of nitrogens with zero attached hydrogens (tertiary/aromatic N) is 2. The van der Waals surface area contributed by atoms with Gasteiger partial charge in [0.2, 0.25) is 0 Å². The second-order valence-corrected chi connectivity index (χ2v) is 3.51. The number of hydrogen-bond acceptors (Lipinski definition) is 5. The van der Waals surface area contributed by atoms with Crippen molar-refractivity contribution in [2.75, 3.05) is 0 Å². The van der Waals surface area contributed by atoms with Gasteiger partial charge in [-0.2, -0.15) is 0 Å². The molecule has 0 aromatic heterocycles. The van der Waals surface area contributed by atoms with Gasteiger partial charge in [0.15, 0.2) is 0 Å². The molecule has 0 aromatic rings. The van der Waals surface area contributed by atoms with Crippen LogP contribution < -0.4 is 5.73 Å². The monoisotopic (exact) mass is 227 g/mol. The van der Waals surface area contributed by atoms with E-state index in [0.717, 1.165) is 19.1 Å². The number of amides is 1. The topological polar surface area (TPSA) is 129 Å². The highest BCUT2D eigenvalue weighted by Crippen LogP contribution is 2.34. The number of carbonyl (C=O) groups is 1. The van der Waals surface area contributed by atoms with Crippen molar-refractivity contribution in [2.45, 2.75) is 18.0 Å². The van der Waals surface area contributed by atoms with Gasteiger partial charge < -0.3 is 5.73 Å². The van der Waals surface area contributed by atoms with Gasteiger partial charge >= 0.3 is 17.0 Å². The van der Waals surface area contributed by atoms with Crippen LogP contribution in [0.1, 0.15) is 6.92 Å². The van der Waals surface area contributed by atoms with Crippen molar-refractivity contribution in [1.82, 2.24) is 0 Å². The fourth-order valence-corrected chi connectivity index (χ4v) is 1.60. The molecule has 0 fully saturated rings. The Morgan fingerprint density at radius 2 is 1.69 bits per heavy atom. The maximum Gasteiger partial charge on any atom is 0.388 e. The molecule has 2 N–H and O–H groups in total. The molecule has 2 unspecified atom stereocenters. The zero-order valence-electron chi connectivity index (χ0n) is 8.32. The van der Waals surface area contributed by atoms with E-state index in [1.54, 1.807) is 0 Å². The summed E-state index contributed by atoms with van der Waals surface area (Å²) in [5, 5.41) is 21.9. The summed E-state index contributed by atoms with van der Waals surface area (Å²) in [7, 11) is 0. The average molecular weight is 227 g/mol. The molecule has 0 heterocycles. The molecule has 0 spiro atoms. The Balaban J connectivity index is 3.53. The van der Waals surface area contributed by atoms with E-state index in [1.165, 1.54) is 12.2 Å². The van der Waals surface area contributed by atoms with Crippen LogP contribution in [0.15, 0.2) is 24.3 Å². The SMILES string of the molecule is CC1([N+](=O)[O-])C=CC=CC1(C(N)=O)[N+](=O)[O-]. The highest BCUT2D eigenvalue weighted by Gasteiger charge is 2.70. The highest BCUT2D eigenvalue weighted by atomic mass is 16.7. The highest BCUT2D eigenvalue weighted by molar-refractivity contribution is 5.88. The third-order valence-corrected chi connectivity index (χ3v) is 2.68.